The zero-order valence-electron chi connectivity index (χ0n) is 8.74. The zero-order chi connectivity index (χ0) is 10.7. The molecule has 0 atom stereocenters. The lowest BCUT2D eigenvalue weighted by Crippen LogP contribution is -2.40. The smallest absolute Gasteiger partial charge is 0.129 e. The highest BCUT2D eigenvalue weighted by Crippen LogP contribution is 2.26. The summed E-state index contributed by atoms with van der Waals surface area (Å²) in [5.74, 6) is 0. The van der Waals surface area contributed by atoms with Gasteiger partial charge in [-0.25, -0.2) is 4.98 Å². The minimum atomic E-state index is 0.438. The summed E-state index contributed by atoms with van der Waals surface area (Å²) in [7, 11) is 0. The molecule has 1 aromatic rings. The molecule has 1 aliphatic carbocycles. The summed E-state index contributed by atoms with van der Waals surface area (Å²) in [5.41, 5.74) is 1.03. The van der Waals surface area contributed by atoms with Crippen molar-refractivity contribution in [2.75, 3.05) is 11.9 Å². The van der Waals surface area contributed by atoms with Crippen LogP contribution in [-0.4, -0.2) is 23.7 Å². The monoisotopic (exact) mass is 226 g/mol. The molecular weight excluding hydrogens is 212 g/mol. The van der Waals surface area contributed by atoms with Gasteiger partial charge in [-0.2, -0.15) is 0 Å². The Bertz CT molecular complexity index is 309. The fourth-order valence-corrected chi connectivity index (χ4v) is 1.86. The minimum Gasteiger partial charge on any atom is -0.381 e. The predicted octanol–water partition coefficient (Wildman–Crippen LogP) is 2.71. The Labute approximate surface area is 94.8 Å². The van der Waals surface area contributed by atoms with E-state index in [1.807, 2.05) is 13.0 Å². The molecule has 4 heteroatoms. The SMILES string of the molecule is CCOC1CC(Nc2ccc(Cl)nc2)C1. The maximum absolute atomic E-state index is 5.70. The second kappa shape index (κ2) is 4.81. The van der Waals surface area contributed by atoms with E-state index in [9.17, 15) is 0 Å². The van der Waals surface area contributed by atoms with E-state index < -0.39 is 0 Å². The van der Waals surface area contributed by atoms with Crippen LogP contribution in [0.3, 0.4) is 0 Å². The molecule has 0 unspecified atom stereocenters. The molecule has 2 rings (SSSR count). The van der Waals surface area contributed by atoms with Crippen LogP contribution in [0.4, 0.5) is 5.69 Å². The molecule has 1 heterocycles. The summed E-state index contributed by atoms with van der Waals surface area (Å²) >= 11 is 5.70. The van der Waals surface area contributed by atoms with Gasteiger partial charge in [0.05, 0.1) is 18.0 Å². The van der Waals surface area contributed by atoms with Crippen molar-refractivity contribution in [3.8, 4) is 0 Å². The highest BCUT2D eigenvalue weighted by atomic mass is 35.5. The number of rotatable bonds is 4. The van der Waals surface area contributed by atoms with Gasteiger partial charge in [-0.1, -0.05) is 11.6 Å². The van der Waals surface area contributed by atoms with E-state index in [4.69, 9.17) is 16.3 Å². The summed E-state index contributed by atoms with van der Waals surface area (Å²) in [4.78, 5) is 4.02. The van der Waals surface area contributed by atoms with Crippen LogP contribution in [0.1, 0.15) is 19.8 Å². The quantitative estimate of drug-likeness (QED) is 0.802. The van der Waals surface area contributed by atoms with E-state index in [-0.39, 0.29) is 0 Å². The Hall–Kier alpha value is -0.800. The topological polar surface area (TPSA) is 34.1 Å². The molecule has 0 aromatic carbocycles. The number of halogens is 1. The van der Waals surface area contributed by atoms with Crippen molar-refractivity contribution in [2.24, 2.45) is 0 Å². The minimum absolute atomic E-state index is 0.438. The molecule has 1 aliphatic rings. The molecular formula is C11H15ClN2O. The van der Waals surface area contributed by atoms with Crippen LogP contribution in [0.25, 0.3) is 0 Å². The van der Waals surface area contributed by atoms with Crippen molar-refractivity contribution in [3.63, 3.8) is 0 Å². The third-order valence-corrected chi connectivity index (χ3v) is 2.82. The van der Waals surface area contributed by atoms with E-state index in [1.54, 1.807) is 12.3 Å². The van der Waals surface area contributed by atoms with E-state index in [0.29, 0.717) is 17.3 Å². The number of hydrogen-bond donors (Lipinski definition) is 1. The number of anilines is 1. The number of nitrogens with one attached hydrogen (secondary N) is 1. The largest absolute Gasteiger partial charge is 0.381 e. The van der Waals surface area contributed by atoms with Crippen molar-refractivity contribution >= 4 is 17.3 Å². The standard InChI is InChI=1S/C11H15ClN2O/c1-2-15-10-5-9(6-10)14-8-3-4-11(12)13-7-8/h3-4,7,9-10,14H,2,5-6H2,1H3. The van der Waals surface area contributed by atoms with Crippen LogP contribution in [0, 0.1) is 0 Å². The molecule has 0 bridgehead atoms. The van der Waals surface area contributed by atoms with Gasteiger partial charge in [0, 0.05) is 12.6 Å². The highest BCUT2D eigenvalue weighted by molar-refractivity contribution is 6.29. The average Bonchev–Trinajstić information content (AvgIpc) is 2.18. The van der Waals surface area contributed by atoms with Gasteiger partial charge < -0.3 is 10.1 Å². The molecule has 3 nitrogen and oxygen atoms in total. The third kappa shape index (κ3) is 2.83. The number of hydrogen-bond acceptors (Lipinski definition) is 3. The van der Waals surface area contributed by atoms with Crippen LogP contribution in [0.5, 0.6) is 0 Å². The molecule has 0 amide bonds. The van der Waals surface area contributed by atoms with Gasteiger partial charge in [0.15, 0.2) is 0 Å². The molecule has 0 saturated heterocycles. The number of ether oxygens (including phenoxy) is 1. The number of aromatic nitrogens is 1. The summed E-state index contributed by atoms with van der Waals surface area (Å²) in [6.45, 7) is 2.84. The van der Waals surface area contributed by atoms with Gasteiger partial charge in [-0.15, -0.1) is 0 Å². The van der Waals surface area contributed by atoms with E-state index >= 15 is 0 Å². The normalized spacial score (nSPS) is 24.7. The first-order chi connectivity index (χ1) is 7.28. The second-order valence-electron chi connectivity index (χ2n) is 3.76. The number of pyridine rings is 1. The van der Waals surface area contributed by atoms with Crippen molar-refractivity contribution in [1.29, 1.82) is 0 Å². The molecule has 1 saturated carbocycles. The Morgan fingerprint density at radius 3 is 2.93 bits per heavy atom. The highest BCUT2D eigenvalue weighted by Gasteiger charge is 2.29. The van der Waals surface area contributed by atoms with E-state index in [2.05, 4.69) is 10.3 Å². The molecule has 15 heavy (non-hydrogen) atoms. The van der Waals surface area contributed by atoms with Gasteiger partial charge in [0.2, 0.25) is 0 Å². The zero-order valence-corrected chi connectivity index (χ0v) is 9.50. The summed E-state index contributed by atoms with van der Waals surface area (Å²) < 4.78 is 5.49. The van der Waals surface area contributed by atoms with E-state index in [1.165, 1.54) is 0 Å². The van der Waals surface area contributed by atoms with E-state index in [0.717, 1.165) is 25.1 Å². The van der Waals surface area contributed by atoms with Gasteiger partial charge >= 0.3 is 0 Å². The van der Waals surface area contributed by atoms with Gasteiger partial charge in [-0.05, 0) is 31.9 Å². The maximum atomic E-state index is 5.70. The molecule has 0 radical (unpaired) electrons. The van der Waals surface area contributed by atoms with Crippen LogP contribution in [0.2, 0.25) is 5.15 Å². The fraction of sp³-hybridized carbons (Fsp3) is 0.545. The summed E-state index contributed by atoms with van der Waals surface area (Å²) in [6.07, 6.45) is 4.36. The average molecular weight is 227 g/mol. The fourth-order valence-electron chi connectivity index (χ4n) is 1.75. The van der Waals surface area contributed by atoms with Crippen molar-refractivity contribution < 1.29 is 4.74 Å². The maximum Gasteiger partial charge on any atom is 0.129 e. The van der Waals surface area contributed by atoms with Crippen molar-refractivity contribution in [2.45, 2.75) is 31.9 Å². The Kier molecular flexibility index (Phi) is 3.44. The molecule has 0 spiro atoms. The Morgan fingerprint density at radius 2 is 2.33 bits per heavy atom. The third-order valence-electron chi connectivity index (χ3n) is 2.60. The van der Waals surface area contributed by atoms with Gasteiger partial charge in [0.25, 0.3) is 0 Å². The van der Waals surface area contributed by atoms with Crippen LogP contribution in [-0.2, 0) is 4.74 Å². The first-order valence-electron chi connectivity index (χ1n) is 5.27. The van der Waals surface area contributed by atoms with Crippen LogP contribution < -0.4 is 5.32 Å². The predicted molar refractivity (Wildman–Crippen MR) is 61.3 cm³/mol. The van der Waals surface area contributed by atoms with Crippen LogP contribution >= 0.6 is 11.6 Å². The summed E-state index contributed by atoms with van der Waals surface area (Å²) in [6, 6.07) is 4.26. The lowest BCUT2D eigenvalue weighted by atomic mass is 9.89. The molecule has 1 fully saturated rings. The van der Waals surface area contributed by atoms with Crippen molar-refractivity contribution in [1.82, 2.24) is 4.98 Å². The van der Waals surface area contributed by atoms with Crippen molar-refractivity contribution in [3.05, 3.63) is 23.5 Å². The molecule has 0 aliphatic heterocycles. The lowest BCUT2D eigenvalue weighted by Gasteiger charge is -2.35. The van der Waals surface area contributed by atoms with Crippen LogP contribution in [0.15, 0.2) is 18.3 Å². The summed E-state index contributed by atoms with van der Waals surface area (Å²) in [5, 5.41) is 3.92. The molecule has 1 aromatic heterocycles. The Balaban J connectivity index is 1.77. The first kappa shape index (κ1) is 10.7. The number of nitrogens with zero attached hydrogens (tertiary/aromatic N) is 1. The van der Waals surface area contributed by atoms with Gasteiger partial charge in [-0.3, -0.25) is 0 Å². The first-order valence-corrected chi connectivity index (χ1v) is 5.65. The lowest BCUT2D eigenvalue weighted by molar-refractivity contribution is 0.00299. The molecule has 82 valence electrons. The second-order valence-corrected chi connectivity index (χ2v) is 4.15. The molecule has 1 N–H and O–H groups in total. The Morgan fingerprint density at radius 1 is 1.53 bits per heavy atom. The van der Waals surface area contributed by atoms with Gasteiger partial charge in [0.1, 0.15) is 5.15 Å².